The maximum Gasteiger partial charge on any atom is 0.231 e. The maximum absolute atomic E-state index is 5.49. The SMILES string of the molecule is C=CCOc1ccc(Nc2nc(Nc3ccn4ccnc4c3)cc(N3CCOCC3)n2)cn1. The fourth-order valence-electron chi connectivity index (χ4n) is 3.46. The van der Waals surface area contributed by atoms with E-state index in [-0.39, 0.29) is 0 Å². The van der Waals surface area contributed by atoms with Crippen molar-refractivity contribution in [2.45, 2.75) is 0 Å². The van der Waals surface area contributed by atoms with Crippen molar-refractivity contribution in [2.75, 3.05) is 48.4 Å². The van der Waals surface area contributed by atoms with Crippen LogP contribution in [0.1, 0.15) is 0 Å². The van der Waals surface area contributed by atoms with Crippen LogP contribution in [0, 0.1) is 0 Å². The molecule has 10 nitrogen and oxygen atoms in total. The molecule has 5 heterocycles. The van der Waals surface area contributed by atoms with Gasteiger partial charge in [-0.2, -0.15) is 9.97 Å². The first-order chi connectivity index (χ1) is 16.3. The molecule has 10 heteroatoms. The second kappa shape index (κ2) is 9.53. The summed E-state index contributed by atoms with van der Waals surface area (Å²) in [6.45, 7) is 6.93. The Kier molecular flexibility index (Phi) is 5.98. The minimum Gasteiger partial charge on any atom is -0.473 e. The summed E-state index contributed by atoms with van der Waals surface area (Å²) in [5.74, 6) is 2.48. The van der Waals surface area contributed by atoms with Crippen molar-refractivity contribution in [3.8, 4) is 5.88 Å². The average molecular weight is 444 g/mol. The highest BCUT2D eigenvalue weighted by Crippen LogP contribution is 2.25. The van der Waals surface area contributed by atoms with Crippen LogP contribution in [-0.4, -0.2) is 57.2 Å². The number of pyridine rings is 2. The second-order valence-corrected chi connectivity index (χ2v) is 7.38. The molecule has 4 aromatic rings. The molecular formula is C23H24N8O2. The quantitative estimate of drug-likeness (QED) is 0.396. The molecule has 0 radical (unpaired) electrons. The van der Waals surface area contributed by atoms with Crippen LogP contribution < -0.4 is 20.3 Å². The van der Waals surface area contributed by atoms with E-state index >= 15 is 0 Å². The van der Waals surface area contributed by atoms with Crippen molar-refractivity contribution in [2.24, 2.45) is 0 Å². The summed E-state index contributed by atoms with van der Waals surface area (Å²) in [5.41, 5.74) is 2.49. The molecule has 5 rings (SSSR count). The lowest BCUT2D eigenvalue weighted by Gasteiger charge is -2.28. The van der Waals surface area contributed by atoms with E-state index in [0.717, 1.165) is 35.9 Å². The van der Waals surface area contributed by atoms with E-state index in [9.17, 15) is 0 Å². The summed E-state index contributed by atoms with van der Waals surface area (Å²) in [4.78, 5) is 20.2. The van der Waals surface area contributed by atoms with Gasteiger partial charge >= 0.3 is 0 Å². The van der Waals surface area contributed by atoms with Crippen LogP contribution in [0.25, 0.3) is 5.65 Å². The molecule has 0 saturated carbocycles. The van der Waals surface area contributed by atoms with E-state index in [0.29, 0.717) is 37.5 Å². The van der Waals surface area contributed by atoms with Gasteiger partial charge in [-0.1, -0.05) is 12.7 Å². The third kappa shape index (κ3) is 5.01. The number of anilines is 5. The first kappa shape index (κ1) is 20.7. The summed E-state index contributed by atoms with van der Waals surface area (Å²) >= 11 is 0. The summed E-state index contributed by atoms with van der Waals surface area (Å²) in [7, 11) is 0. The number of morpholine rings is 1. The van der Waals surface area contributed by atoms with Gasteiger partial charge < -0.3 is 29.4 Å². The maximum atomic E-state index is 5.49. The molecule has 0 atom stereocenters. The summed E-state index contributed by atoms with van der Waals surface area (Å²) in [5, 5.41) is 6.62. The van der Waals surface area contributed by atoms with E-state index in [1.165, 1.54) is 0 Å². The van der Waals surface area contributed by atoms with Crippen molar-refractivity contribution < 1.29 is 9.47 Å². The van der Waals surface area contributed by atoms with E-state index in [2.05, 4.69) is 37.1 Å². The van der Waals surface area contributed by atoms with Gasteiger partial charge in [0.2, 0.25) is 11.8 Å². The topological polar surface area (TPSA) is 102 Å². The second-order valence-electron chi connectivity index (χ2n) is 7.38. The molecule has 4 aromatic heterocycles. The summed E-state index contributed by atoms with van der Waals surface area (Å²) < 4.78 is 12.9. The van der Waals surface area contributed by atoms with Crippen LogP contribution >= 0.6 is 0 Å². The first-order valence-corrected chi connectivity index (χ1v) is 10.7. The van der Waals surface area contributed by atoms with Gasteiger partial charge in [0.15, 0.2) is 0 Å². The highest BCUT2D eigenvalue weighted by Gasteiger charge is 2.16. The van der Waals surface area contributed by atoms with Gasteiger partial charge in [0.25, 0.3) is 0 Å². The van der Waals surface area contributed by atoms with Crippen molar-refractivity contribution >= 4 is 34.6 Å². The monoisotopic (exact) mass is 444 g/mol. The van der Waals surface area contributed by atoms with Crippen LogP contribution in [-0.2, 0) is 4.74 Å². The molecule has 0 aliphatic carbocycles. The van der Waals surface area contributed by atoms with Crippen LogP contribution in [0.2, 0.25) is 0 Å². The van der Waals surface area contributed by atoms with Crippen molar-refractivity contribution in [1.82, 2.24) is 24.3 Å². The predicted octanol–water partition coefficient (Wildman–Crippen LogP) is 3.41. The minimum atomic E-state index is 0.407. The van der Waals surface area contributed by atoms with Crippen LogP contribution in [0.5, 0.6) is 5.88 Å². The van der Waals surface area contributed by atoms with Gasteiger partial charge in [-0.25, -0.2) is 9.97 Å². The highest BCUT2D eigenvalue weighted by molar-refractivity contribution is 5.66. The molecule has 0 unspecified atom stereocenters. The summed E-state index contributed by atoms with van der Waals surface area (Å²) in [6.07, 6.45) is 8.99. The lowest BCUT2D eigenvalue weighted by molar-refractivity contribution is 0.122. The predicted molar refractivity (Wildman–Crippen MR) is 127 cm³/mol. The van der Waals surface area contributed by atoms with Crippen molar-refractivity contribution in [3.05, 3.63) is 67.8 Å². The standard InChI is InChI=1S/C23H24N8O2/c1-2-11-33-22-4-3-18(16-25-22)27-23-28-19(15-21(29-23)31-9-12-32-13-10-31)26-17-5-7-30-8-6-24-20(30)14-17/h2-8,14-16H,1,9-13H2,(H2,26,27,28,29). The molecule has 0 spiro atoms. The Labute approximate surface area is 190 Å². The number of nitrogens with zero attached hydrogens (tertiary/aromatic N) is 6. The molecule has 168 valence electrons. The number of imidazole rings is 1. The Bertz CT molecular complexity index is 1230. The Morgan fingerprint density at radius 3 is 2.76 bits per heavy atom. The Morgan fingerprint density at radius 1 is 1.03 bits per heavy atom. The van der Waals surface area contributed by atoms with Gasteiger partial charge in [-0.3, -0.25) is 0 Å². The molecular weight excluding hydrogens is 420 g/mol. The third-order valence-electron chi connectivity index (χ3n) is 5.06. The Hall–Kier alpha value is -4.18. The Balaban J connectivity index is 1.41. The lowest BCUT2D eigenvalue weighted by atomic mass is 10.3. The number of aromatic nitrogens is 5. The molecule has 0 amide bonds. The fourth-order valence-corrected chi connectivity index (χ4v) is 3.46. The largest absolute Gasteiger partial charge is 0.473 e. The van der Waals surface area contributed by atoms with Gasteiger partial charge in [0.1, 0.15) is 23.9 Å². The smallest absolute Gasteiger partial charge is 0.231 e. The van der Waals surface area contributed by atoms with E-state index in [1.807, 2.05) is 41.1 Å². The van der Waals surface area contributed by atoms with Crippen molar-refractivity contribution in [3.63, 3.8) is 0 Å². The van der Waals surface area contributed by atoms with Gasteiger partial charge in [-0.15, -0.1) is 0 Å². The molecule has 0 bridgehead atoms. The molecule has 1 aliphatic heterocycles. The van der Waals surface area contributed by atoms with E-state index < -0.39 is 0 Å². The number of rotatable bonds is 8. The lowest BCUT2D eigenvalue weighted by Crippen LogP contribution is -2.36. The van der Waals surface area contributed by atoms with Crippen LogP contribution in [0.3, 0.4) is 0 Å². The zero-order chi connectivity index (χ0) is 22.5. The minimum absolute atomic E-state index is 0.407. The molecule has 33 heavy (non-hydrogen) atoms. The molecule has 0 aromatic carbocycles. The first-order valence-electron chi connectivity index (χ1n) is 10.7. The van der Waals surface area contributed by atoms with Gasteiger partial charge in [-0.05, 0) is 12.1 Å². The number of fused-ring (bicyclic) bond motifs is 1. The molecule has 1 aliphatic rings. The van der Waals surface area contributed by atoms with E-state index in [4.69, 9.17) is 14.5 Å². The zero-order valence-electron chi connectivity index (χ0n) is 18.0. The zero-order valence-corrected chi connectivity index (χ0v) is 18.0. The molecule has 1 saturated heterocycles. The van der Waals surface area contributed by atoms with Gasteiger partial charge in [0.05, 0.1) is 25.1 Å². The van der Waals surface area contributed by atoms with Crippen LogP contribution in [0.4, 0.5) is 29.0 Å². The number of ether oxygens (including phenoxy) is 2. The fraction of sp³-hybridized carbons (Fsp3) is 0.217. The van der Waals surface area contributed by atoms with E-state index in [1.54, 1.807) is 24.5 Å². The third-order valence-corrected chi connectivity index (χ3v) is 5.06. The highest BCUT2D eigenvalue weighted by atomic mass is 16.5. The molecule has 1 fully saturated rings. The van der Waals surface area contributed by atoms with Crippen LogP contribution in [0.15, 0.2) is 67.8 Å². The van der Waals surface area contributed by atoms with Crippen molar-refractivity contribution in [1.29, 1.82) is 0 Å². The van der Waals surface area contributed by atoms with Gasteiger partial charge in [0, 0.05) is 55.6 Å². The number of nitrogens with one attached hydrogen (secondary N) is 2. The number of hydrogen-bond donors (Lipinski definition) is 2. The Morgan fingerprint density at radius 2 is 1.94 bits per heavy atom. The average Bonchev–Trinajstić information content (AvgIpc) is 3.32. The molecule has 2 N–H and O–H groups in total. The number of hydrogen-bond acceptors (Lipinski definition) is 9. The normalized spacial score (nSPS) is 13.6. The summed E-state index contributed by atoms with van der Waals surface area (Å²) in [6, 6.07) is 9.54.